The second kappa shape index (κ2) is 6.71. The highest BCUT2D eigenvalue weighted by Gasteiger charge is 2.24. The molecular weight excluding hydrogens is 282 g/mol. The zero-order valence-electron chi connectivity index (χ0n) is 12.8. The minimum atomic E-state index is 0.379. The van der Waals surface area contributed by atoms with Crippen LogP contribution in [0.4, 0.5) is 5.82 Å². The molecule has 5 heteroatoms. The molecule has 2 heterocycles. The van der Waals surface area contributed by atoms with Gasteiger partial charge in [-0.3, -0.25) is 0 Å². The summed E-state index contributed by atoms with van der Waals surface area (Å²) in [5.74, 6) is 2.39. The van der Waals surface area contributed by atoms with E-state index in [9.17, 15) is 0 Å². The van der Waals surface area contributed by atoms with Crippen molar-refractivity contribution in [2.24, 2.45) is 5.92 Å². The average Bonchev–Trinajstić information content (AvgIpc) is 3.00. The maximum Gasteiger partial charge on any atom is 0.158 e. The largest absolute Gasteiger partial charge is 0.372 e. The van der Waals surface area contributed by atoms with Crippen molar-refractivity contribution in [2.75, 3.05) is 12.4 Å². The molecule has 3 rings (SSSR count). The Bertz CT molecular complexity index is 598. The molecule has 1 aliphatic carbocycles. The van der Waals surface area contributed by atoms with E-state index in [-0.39, 0.29) is 0 Å². The number of anilines is 1. The summed E-state index contributed by atoms with van der Waals surface area (Å²) in [5, 5.41) is 6.30. The molecular formula is C16H23N3OS. The molecule has 2 aromatic rings. The maximum atomic E-state index is 6.15. The Morgan fingerprint density at radius 2 is 2.19 bits per heavy atom. The molecule has 0 spiro atoms. The molecule has 4 nitrogen and oxygen atoms in total. The van der Waals surface area contributed by atoms with Crippen LogP contribution in [0, 0.1) is 5.92 Å². The van der Waals surface area contributed by atoms with E-state index in [1.807, 2.05) is 7.05 Å². The van der Waals surface area contributed by atoms with Gasteiger partial charge < -0.3 is 10.1 Å². The van der Waals surface area contributed by atoms with E-state index in [2.05, 4.69) is 33.7 Å². The first-order valence-corrected chi connectivity index (χ1v) is 8.73. The van der Waals surface area contributed by atoms with Gasteiger partial charge in [-0.1, -0.05) is 26.2 Å². The van der Waals surface area contributed by atoms with E-state index in [0.717, 1.165) is 21.9 Å². The number of nitrogens with zero attached hydrogens (tertiary/aromatic N) is 2. The van der Waals surface area contributed by atoms with Gasteiger partial charge in [0.1, 0.15) is 17.3 Å². The first kappa shape index (κ1) is 14.7. The van der Waals surface area contributed by atoms with Gasteiger partial charge in [0, 0.05) is 7.05 Å². The number of thiophene rings is 1. The summed E-state index contributed by atoms with van der Waals surface area (Å²) in [6, 6.07) is 2.06. The summed E-state index contributed by atoms with van der Waals surface area (Å²) < 4.78 is 6.15. The predicted octanol–water partition coefficient (Wildman–Crippen LogP) is 4.22. The number of ether oxygens (including phenoxy) is 1. The summed E-state index contributed by atoms with van der Waals surface area (Å²) in [4.78, 5) is 10.2. The van der Waals surface area contributed by atoms with Crippen molar-refractivity contribution in [1.29, 1.82) is 0 Å². The van der Waals surface area contributed by atoms with Crippen molar-refractivity contribution in [3.63, 3.8) is 0 Å². The fourth-order valence-electron chi connectivity index (χ4n) is 3.20. The van der Waals surface area contributed by atoms with Gasteiger partial charge in [-0.25, -0.2) is 9.97 Å². The highest BCUT2D eigenvalue weighted by atomic mass is 32.1. The number of fused-ring (bicyclic) bond motifs is 1. The molecule has 1 saturated carbocycles. The zero-order valence-corrected chi connectivity index (χ0v) is 13.6. The van der Waals surface area contributed by atoms with E-state index in [0.29, 0.717) is 18.6 Å². The Morgan fingerprint density at radius 3 is 3.00 bits per heavy atom. The number of rotatable bonds is 5. The van der Waals surface area contributed by atoms with Gasteiger partial charge in [0.25, 0.3) is 0 Å². The predicted molar refractivity (Wildman–Crippen MR) is 87.8 cm³/mol. The number of hydrogen-bond donors (Lipinski definition) is 1. The fourth-order valence-corrected chi connectivity index (χ4v) is 3.98. The molecule has 1 N–H and O–H groups in total. The number of nitrogens with one attached hydrogen (secondary N) is 1. The summed E-state index contributed by atoms with van der Waals surface area (Å²) in [7, 11) is 1.90. The van der Waals surface area contributed by atoms with Gasteiger partial charge in [0.2, 0.25) is 0 Å². The Balaban J connectivity index is 1.72. The van der Waals surface area contributed by atoms with E-state index in [1.54, 1.807) is 11.3 Å². The van der Waals surface area contributed by atoms with Crippen LogP contribution in [0.5, 0.6) is 0 Å². The lowest BCUT2D eigenvalue weighted by Gasteiger charge is -2.30. The first-order chi connectivity index (χ1) is 10.3. The van der Waals surface area contributed by atoms with Crippen LogP contribution in [0.15, 0.2) is 11.4 Å². The molecule has 0 bridgehead atoms. The number of hydrogen-bond acceptors (Lipinski definition) is 5. The summed E-state index contributed by atoms with van der Waals surface area (Å²) >= 11 is 1.65. The van der Waals surface area contributed by atoms with Crippen molar-refractivity contribution in [3.05, 3.63) is 17.3 Å². The molecule has 0 radical (unpaired) electrons. The quantitative estimate of drug-likeness (QED) is 0.898. The third-order valence-corrected chi connectivity index (χ3v) is 5.21. The van der Waals surface area contributed by atoms with Crippen LogP contribution >= 0.6 is 11.3 Å². The first-order valence-electron chi connectivity index (χ1n) is 7.85. The van der Waals surface area contributed by atoms with Crippen molar-refractivity contribution in [3.8, 4) is 0 Å². The molecule has 21 heavy (non-hydrogen) atoms. The molecule has 1 aliphatic rings. The van der Waals surface area contributed by atoms with E-state index in [1.165, 1.54) is 32.1 Å². The van der Waals surface area contributed by atoms with Crippen molar-refractivity contribution < 1.29 is 4.74 Å². The highest BCUT2D eigenvalue weighted by Crippen LogP contribution is 2.30. The standard InChI is InChI=1S/C16H23N3OS/c1-3-11-6-4-5-7-13(11)20-10-14-18-15(17-2)12-8-9-21-16(12)19-14/h8-9,11,13H,3-7,10H2,1-2H3,(H,17,18,19). The second-order valence-corrected chi connectivity index (χ2v) is 6.57. The van der Waals surface area contributed by atoms with Crippen molar-refractivity contribution >= 4 is 27.4 Å². The van der Waals surface area contributed by atoms with Crippen LogP contribution < -0.4 is 5.32 Å². The van der Waals surface area contributed by atoms with Gasteiger partial charge >= 0.3 is 0 Å². The third kappa shape index (κ3) is 3.19. The van der Waals surface area contributed by atoms with Crippen LogP contribution in [0.2, 0.25) is 0 Å². The van der Waals surface area contributed by atoms with Crippen molar-refractivity contribution in [1.82, 2.24) is 9.97 Å². The molecule has 2 aromatic heterocycles. The molecule has 1 fully saturated rings. The minimum Gasteiger partial charge on any atom is -0.372 e. The van der Waals surface area contributed by atoms with Crippen LogP contribution in [0.3, 0.4) is 0 Å². The van der Waals surface area contributed by atoms with Crippen LogP contribution in [0.25, 0.3) is 10.2 Å². The highest BCUT2D eigenvalue weighted by molar-refractivity contribution is 7.16. The zero-order chi connectivity index (χ0) is 14.7. The minimum absolute atomic E-state index is 0.379. The van der Waals surface area contributed by atoms with Crippen LogP contribution in [-0.4, -0.2) is 23.1 Å². The fraction of sp³-hybridized carbons (Fsp3) is 0.625. The van der Waals surface area contributed by atoms with Crippen molar-refractivity contribution in [2.45, 2.75) is 51.7 Å². The molecule has 0 saturated heterocycles. The van der Waals surface area contributed by atoms with E-state index in [4.69, 9.17) is 4.74 Å². The van der Waals surface area contributed by atoms with Gasteiger partial charge in [0.05, 0.1) is 11.5 Å². The monoisotopic (exact) mass is 305 g/mol. The maximum absolute atomic E-state index is 6.15. The normalized spacial score (nSPS) is 22.6. The summed E-state index contributed by atoms with van der Waals surface area (Å²) in [5.41, 5.74) is 0. The molecule has 0 amide bonds. The third-order valence-electron chi connectivity index (χ3n) is 4.40. The van der Waals surface area contributed by atoms with Crippen LogP contribution in [-0.2, 0) is 11.3 Å². The van der Waals surface area contributed by atoms with Crippen LogP contribution in [0.1, 0.15) is 44.9 Å². The lowest BCUT2D eigenvalue weighted by molar-refractivity contribution is -0.0246. The Labute approximate surface area is 129 Å². The molecule has 114 valence electrons. The molecule has 0 aliphatic heterocycles. The van der Waals surface area contributed by atoms with E-state index < -0.39 is 0 Å². The Morgan fingerprint density at radius 1 is 1.33 bits per heavy atom. The summed E-state index contributed by atoms with van der Waals surface area (Å²) in [6.07, 6.45) is 6.70. The Hall–Kier alpha value is -1.20. The Kier molecular flexibility index (Phi) is 4.70. The van der Waals surface area contributed by atoms with Gasteiger partial charge in [-0.15, -0.1) is 11.3 Å². The lowest BCUT2D eigenvalue weighted by atomic mass is 9.85. The topological polar surface area (TPSA) is 47.0 Å². The van der Waals surface area contributed by atoms with Gasteiger partial charge in [-0.2, -0.15) is 0 Å². The summed E-state index contributed by atoms with van der Waals surface area (Å²) in [6.45, 7) is 2.78. The molecule has 2 atom stereocenters. The van der Waals surface area contributed by atoms with Gasteiger partial charge in [-0.05, 0) is 30.2 Å². The average molecular weight is 305 g/mol. The van der Waals surface area contributed by atoms with E-state index >= 15 is 0 Å². The number of aromatic nitrogens is 2. The molecule has 0 aromatic carbocycles. The van der Waals surface area contributed by atoms with Gasteiger partial charge in [0.15, 0.2) is 5.82 Å². The smallest absolute Gasteiger partial charge is 0.158 e. The molecule has 2 unspecified atom stereocenters. The second-order valence-electron chi connectivity index (χ2n) is 5.68. The SMILES string of the molecule is CCC1CCCCC1OCc1nc(NC)c2ccsc2n1. The lowest BCUT2D eigenvalue weighted by Crippen LogP contribution is -2.27.